The van der Waals surface area contributed by atoms with E-state index in [1.54, 1.807) is 77.5 Å². The van der Waals surface area contributed by atoms with E-state index in [2.05, 4.69) is 16.0 Å². The number of Topliss-reactive ketones (excluding diaryl/α,β-unsaturated/α-hetero) is 1. The van der Waals surface area contributed by atoms with E-state index < -0.39 is 71.9 Å². The van der Waals surface area contributed by atoms with Crippen LogP contribution in [0.5, 0.6) is 0 Å². The fourth-order valence-corrected chi connectivity index (χ4v) is 9.29. The fraction of sp³-hybridized carbons (Fsp3) is 0.310. The topological polar surface area (TPSA) is 194 Å². The van der Waals surface area contributed by atoms with Crippen LogP contribution in [-0.2, 0) is 49.5 Å². The summed E-state index contributed by atoms with van der Waals surface area (Å²) in [4.78, 5) is 67.6. The summed E-state index contributed by atoms with van der Waals surface area (Å²) < 4.78 is 45.9. The molecular weight excluding hydrogens is 768 g/mol. The van der Waals surface area contributed by atoms with Crippen molar-refractivity contribution in [3.8, 4) is 0 Å². The van der Waals surface area contributed by atoms with E-state index >= 15 is 0 Å². The van der Waals surface area contributed by atoms with Gasteiger partial charge in [0.05, 0.1) is 18.7 Å². The number of amides is 4. The summed E-state index contributed by atoms with van der Waals surface area (Å²) in [5.41, 5.74) is 2.18. The summed E-state index contributed by atoms with van der Waals surface area (Å²) in [6.45, 7) is -0.831. The lowest BCUT2D eigenvalue weighted by Crippen LogP contribution is -2.55. The zero-order valence-electron chi connectivity index (χ0n) is 31.6. The van der Waals surface area contributed by atoms with Crippen molar-refractivity contribution < 1.29 is 41.5 Å². The van der Waals surface area contributed by atoms with Gasteiger partial charge in [0.1, 0.15) is 12.6 Å². The van der Waals surface area contributed by atoms with Gasteiger partial charge in [-0.05, 0) is 60.2 Å². The van der Waals surface area contributed by atoms with Gasteiger partial charge in [-0.25, -0.2) is 8.42 Å². The van der Waals surface area contributed by atoms with Gasteiger partial charge in [-0.2, -0.15) is 0 Å². The molecule has 0 spiro atoms. The Morgan fingerprint density at radius 3 is 1.88 bits per heavy atom. The first kappa shape index (κ1) is 42.7. The van der Waals surface area contributed by atoms with Crippen LogP contribution in [-0.4, -0.2) is 62.8 Å². The monoisotopic (exact) mass is 814 g/mol. The number of para-hydroxylation sites is 1. The average molecular weight is 815 g/mol. The molecule has 0 aliphatic heterocycles. The minimum absolute atomic E-state index is 0.0121. The number of rotatable bonds is 17. The third-order valence-electron chi connectivity index (χ3n) is 9.60. The van der Waals surface area contributed by atoms with E-state index in [1.165, 1.54) is 0 Å². The molecule has 1 aliphatic rings. The largest absolute Gasteiger partial charge is 0.344 e. The molecule has 1 saturated carbocycles. The van der Waals surface area contributed by atoms with E-state index in [-0.39, 0.29) is 12.3 Å². The lowest BCUT2D eigenvalue weighted by atomic mass is 9.84. The minimum atomic E-state index is -4.04. The van der Waals surface area contributed by atoms with Crippen LogP contribution < -0.4 is 31.3 Å². The highest BCUT2D eigenvalue weighted by Gasteiger charge is 2.35. The molecule has 0 aromatic heterocycles. The van der Waals surface area contributed by atoms with Gasteiger partial charge in [-0.1, -0.05) is 117 Å². The molecule has 2 unspecified atom stereocenters. The van der Waals surface area contributed by atoms with Crippen LogP contribution in [0.25, 0.3) is 0 Å². The molecule has 2 atom stereocenters. The van der Waals surface area contributed by atoms with E-state index in [1.807, 2.05) is 42.5 Å². The van der Waals surface area contributed by atoms with Gasteiger partial charge in [0.25, 0.3) is 7.37 Å². The Bertz CT molecular complexity index is 2140. The lowest BCUT2D eigenvalue weighted by Gasteiger charge is -2.28. The average Bonchev–Trinajstić information content (AvgIpc) is 3.20. The van der Waals surface area contributed by atoms with Crippen LogP contribution in [0.1, 0.15) is 56.1 Å². The van der Waals surface area contributed by atoms with Gasteiger partial charge >= 0.3 is 11.8 Å². The number of sulfonamides is 1. The van der Waals surface area contributed by atoms with Crippen LogP contribution in [0.2, 0.25) is 0 Å². The maximum atomic E-state index is 14.4. The maximum Gasteiger partial charge on any atom is 0.313 e. The second-order valence-electron chi connectivity index (χ2n) is 14.1. The van der Waals surface area contributed by atoms with Crippen molar-refractivity contribution in [1.29, 1.82) is 0 Å². The summed E-state index contributed by atoms with van der Waals surface area (Å²) >= 11 is 0. The highest BCUT2D eigenvalue weighted by molar-refractivity contribution is 7.89. The van der Waals surface area contributed by atoms with Crippen molar-refractivity contribution in [3.63, 3.8) is 0 Å². The molecule has 1 fully saturated rings. The molecule has 5 rings (SSSR count). The standard InChI is InChI=1S/C42H47N4O9PS/c1-57(53,54)46-39(48)28-36(38(47)29-55-56(52,33-21-10-4-11-22-33)34-23-12-5-13-24-34)44-40(49)37(27-31-18-8-3-9-19-31)45-42(51)41(50)43-35-25-15-14-20-32(35)26-30-16-6-2-7-17-30/h2,4-7,10-17,20-25,31,36-37H,3,8-9,18-19,26-29H2,1H3,(H,43,50)(H,44,49)(H,45,51)(H,46,48). The molecule has 0 saturated heterocycles. The Morgan fingerprint density at radius 2 is 1.28 bits per heavy atom. The molecule has 4 aromatic rings. The van der Waals surface area contributed by atoms with E-state index in [4.69, 9.17) is 4.52 Å². The Morgan fingerprint density at radius 1 is 0.719 bits per heavy atom. The normalized spacial score (nSPS) is 14.4. The molecule has 13 nitrogen and oxygen atoms in total. The van der Waals surface area contributed by atoms with Gasteiger partial charge in [-0.15, -0.1) is 0 Å². The summed E-state index contributed by atoms with van der Waals surface area (Å²) in [6, 6.07) is 30.1. The van der Waals surface area contributed by atoms with Gasteiger partial charge in [0.2, 0.25) is 21.8 Å². The number of carbonyl (C=O) groups excluding carboxylic acids is 5. The second-order valence-corrected chi connectivity index (χ2v) is 18.2. The Kier molecular flexibility index (Phi) is 15.1. The number of nitrogens with one attached hydrogen (secondary N) is 4. The highest BCUT2D eigenvalue weighted by Crippen LogP contribution is 2.44. The van der Waals surface area contributed by atoms with Crippen LogP contribution in [0.4, 0.5) is 5.69 Å². The van der Waals surface area contributed by atoms with Crippen molar-refractivity contribution in [2.75, 3.05) is 18.2 Å². The quantitative estimate of drug-likeness (QED) is 0.0896. The fourth-order valence-electron chi connectivity index (χ4n) is 6.76. The highest BCUT2D eigenvalue weighted by atomic mass is 32.2. The Labute approximate surface area is 332 Å². The molecule has 0 bridgehead atoms. The Hall–Kier alpha value is -5.43. The molecule has 4 N–H and O–H groups in total. The third kappa shape index (κ3) is 12.8. The van der Waals surface area contributed by atoms with Gasteiger partial charge in [-0.3, -0.25) is 33.3 Å². The number of hydrogen-bond donors (Lipinski definition) is 4. The number of carbonyl (C=O) groups is 5. The predicted molar refractivity (Wildman–Crippen MR) is 218 cm³/mol. The Balaban J connectivity index is 1.35. The van der Waals surface area contributed by atoms with Crippen LogP contribution in [0, 0.1) is 5.92 Å². The van der Waals surface area contributed by atoms with Gasteiger partial charge in [0, 0.05) is 16.3 Å². The maximum absolute atomic E-state index is 14.4. The number of benzene rings is 4. The molecule has 0 radical (unpaired) electrons. The summed E-state index contributed by atoms with van der Waals surface area (Å²) in [6.07, 6.45) is 4.98. The third-order valence-corrected chi connectivity index (χ3v) is 12.6. The number of hydrogen-bond acceptors (Lipinski definition) is 9. The van der Waals surface area contributed by atoms with Crippen molar-refractivity contribution in [2.45, 2.75) is 63.5 Å². The van der Waals surface area contributed by atoms with Gasteiger partial charge < -0.3 is 20.5 Å². The molecular formula is C42H47N4O9PS. The molecule has 4 amide bonds. The number of anilines is 1. The summed E-state index contributed by atoms with van der Waals surface area (Å²) in [5, 5.41) is 8.31. The van der Waals surface area contributed by atoms with Crippen molar-refractivity contribution in [1.82, 2.24) is 15.4 Å². The molecule has 0 heterocycles. The SMILES string of the molecule is CS(=O)(=O)NC(=O)CC(NC(=O)C(CC1CCCCC1)NC(=O)C(=O)Nc1ccccc1Cc1ccccc1)C(=O)COP(=O)(c1ccccc1)c1ccccc1. The predicted octanol–water partition coefficient (Wildman–Crippen LogP) is 4.14. The molecule has 15 heteroatoms. The smallest absolute Gasteiger partial charge is 0.313 e. The molecule has 1 aliphatic carbocycles. The first-order valence-corrected chi connectivity index (χ1v) is 22.3. The minimum Gasteiger partial charge on any atom is -0.344 e. The molecule has 57 heavy (non-hydrogen) atoms. The lowest BCUT2D eigenvalue weighted by molar-refractivity contribution is -0.138. The number of ketones is 1. The van der Waals surface area contributed by atoms with E-state index in [0.29, 0.717) is 22.7 Å². The van der Waals surface area contributed by atoms with Crippen LogP contribution in [0.3, 0.4) is 0 Å². The zero-order valence-corrected chi connectivity index (χ0v) is 33.3. The summed E-state index contributed by atoms with van der Waals surface area (Å²) in [5.74, 6) is -4.93. The van der Waals surface area contributed by atoms with Crippen LogP contribution >= 0.6 is 7.37 Å². The zero-order chi connectivity index (χ0) is 40.8. The van der Waals surface area contributed by atoms with Crippen molar-refractivity contribution in [3.05, 3.63) is 126 Å². The van der Waals surface area contributed by atoms with E-state index in [9.17, 15) is 37.0 Å². The first-order valence-electron chi connectivity index (χ1n) is 18.7. The van der Waals surface area contributed by atoms with Gasteiger partial charge in [0.15, 0.2) is 5.78 Å². The molecule has 4 aromatic carbocycles. The van der Waals surface area contributed by atoms with Crippen molar-refractivity contribution >= 4 is 63.1 Å². The van der Waals surface area contributed by atoms with E-state index in [0.717, 1.165) is 49.5 Å². The summed E-state index contributed by atoms with van der Waals surface area (Å²) in [7, 11) is -7.92. The van der Waals surface area contributed by atoms with Crippen LogP contribution in [0.15, 0.2) is 115 Å². The van der Waals surface area contributed by atoms with Crippen molar-refractivity contribution in [2.24, 2.45) is 5.92 Å². The molecule has 300 valence electrons. The second kappa shape index (κ2) is 20.1. The first-order chi connectivity index (χ1) is 27.3.